The topological polar surface area (TPSA) is 48.7 Å². The first kappa shape index (κ1) is 13.3. The first-order valence-corrected chi connectivity index (χ1v) is 7.19. The first-order chi connectivity index (χ1) is 9.72. The molecule has 0 saturated carbocycles. The van der Waals surface area contributed by atoms with Crippen molar-refractivity contribution in [2.75, 3.05) is 51.6 Å². The van der Waals surface area contributed by atoms with Crippen LogP contribution in [-0.4, -0.2) is 70.7 Å². The van der Waals surface area contributed by atoms with E-state index in [1.807, 2.05) is 29.6 Å². The lowest BCUT2D eigenvalue weighted by Gasteiger charge is -2.32. The second-order valence-corrected chi connectivity index (χ2v) is 5.44. The molecule has 0 bridgehead atoms. The van der Waals surface area contributed by atoms with Crippen molar-refractivity contribution in [3.63, 3.8) is 0 Å². The molecule has 108 valence electrons. The van der Waals surface area contributed by atoms with Crippen LogP contribution in [0, 0.1) is 6.92 Å². The summed E-state index contributed by atoms with van der Waals surface area (Å²) in [5.41, 5.74) is 1.99. The summed E-state index contributed by atoms with van der Waals surface area (Å²) < 4.78 is 1.87. The zero-order valence-electron chi connectivity index (χ0n) is 12.2. The van der Waals surface area contributed by atoms with Gasteiger partial charge in [-0.25, -0.2) is 4.52 Å². The maximum atomic E-state index is 4.48. The summed E-state index contributed by atoms with van der Waals surface area (Å²) in [4.78, 5) is 9.33. The number of nitrogens with zero attached hydrogens (tertiary/aromatic N) is 5. The molecule has 0 unspecified atom stereocenters. The second kappa shape index (κ2) is 5.76. The van der Waals surface area contributed by atoms with E-state index >= 15 is 0 Å². The van der Waals surface area contributed by atoms with Gasteiger partial charge in [0.25, 0.3) is 0 Å². The molecule has 1 aliphatic rings. The maximum Gasteiger partial charge on any atom is 0.243 e. The van der Waals surface area contributed by atoms with Crippen LogP contribution >= 0.6 is 0 Å². The Balaban J connectivity index is 1.53. The van der Waals surface area contributed by atoms with Gasteiger partial charge >= 0.3 is 0 Å². The summed E-state index contributed by atoms with van der Waals surface area (Å²) in [6.07, 6.45) is 0. The van der Waals surface area contributed by atoms with E-state index in [1.54, 1.807) is 0 Å². The largest absolute Gasteiger partial charge is 0.352 e. The van der Waals surface area contributed by atoms with E-state index in [4.69, 9.17) is 0 Å². The zero-order valence-corrected chi connectivity index (χ0v) is 12.2. The lowest BCUT2D eigenvalue weighted by atomic mass is 10.3. The van der Waals surface area contributed by atoms with E-state index in [1.165, 1.54) is 0 Å². The van der Waals surface area contributed by atoms with Crippen LogP contribution in [0.1, 0.15) is 5.69 Å². The van der Waals surface area contributed by atoms with Crippen LogP contribution in [0.2, 0.25) is 0 Å². The van der Waals surface area contributed by atoms with Crippen LogP contribution in [-0.2, 0) is 0 Å². The van der Waals surface area contributed by atoms with Crippen LogP contribution in [0.25, 0.3) is 5.65 Å². The van der Waals surface area contributed by atoms with Gasteiger partial charge in [0.1, 0.15) is 0 Å². The Labute approximate surface area is 119 Å². The van der Waals surface area contributed by atoms with Gasteiger partial charge in [0.2, 0.25) is 5.95 Å². The summed E-state index contributed by atoms with van der Waals surface area (Å²) in [5.74, 6) is 0.716. The molecule has 3 rings (SSSR count). The molecule has 0 aromatic carbocycles. The Kier molecular flexibility index (Phi) is 3.84. The van der Waals surface area contributed by atoms with Gasteiger partial charge in [-0.2, -0.15) is 4.98 Å². The Hall–Kier alpha value is -1.66. The summed E-state index contributed by atoms with van der Waals surface area (Å²) >= 11 is 0. The van der Waals surface area contributed by atoms with Crippen LogP contribution in [0.5, 0.6) is 0 Å². The zero-order chi connectivity index (χ0) is 13.9. The van der Waals surface area contributed by atoms with Crippen molar-refractivity contribution in [3.8, 4) is 0 Å². The average Bonchev–Trinajstić information content (AvgIpc) is 2.85. The molecule has 0 spiro atoms. The van der Waals surface area contributed by atoms with Gasteiger partial charge in [-0.05, 0) is 26.1 Å². The molecule has 0 atom stereocenters. The van der Waals surface area contributed by atoms with Crippen molar-refractivity contribution >= 4 is 11.6 Å². The quantitative estimate of drug-likeness (QED) is 0.889. The SMILES string of the molecule is Cc1cccc2nc(NCCN3CCN(C)CC3)nn12. The van der Waals surface area contributed by atoms with Gasteiger partial charge in [0, 0.05) is 45.0 Å². The molecule has 6 heteroatoms. The molecule has 1 aliphatic heterocycles. The third kappa shape index (κ3) is 2.91. The lowest BCUT2D eigenvalue weighted by Crippen LogP contribution is -2.45. The number of anilines is 1. The fourth-order valence-corrected chi connectivity index (χ4v) is 2.51. The number of aromatic nitrogens is 3. The van der Waals surface area contributed by atoms with Crippen LogP contribution in [0.15, 0.2) is 18.2 Å². The van der Waals surface area contributed by atoms with Crippen LogP contribution in [0.3, 0.4) is 0 Å². The molecule has 6 nitrogen and oxygen atoms in total. The third-order valence-corrected chi connectivity index (χ3v) is 3.86. The highest BCUT2D eigenvalue weighted by atomic mass is 15.4. The first-order valence-electron chi connectivity index (χ1n) is 7.19. The third-order valence-electron chi connectivity index (χ3n) is 3.86. The minimum Gasteiger partial charge on any atom is -0.352 e. The highest BCUT2D eigenvalue weighted by Crippen LogP contribution is 2.07. The number of likely N-dealkylation sites (N-methyl/N-ethyl adjacent to an activating group) is 1. The van der Waals surface area contributed by atoms with Crippen molar-refractivity contribution in [2.45, 2.75) is 6.92 Å². The molecule has 0 amide bonds. The van der Waals surface area contributed by atoms with Gasteiger partial charge in [0.15, 0.2) is 5.65 Å². The van der Waals surface area contributed by atoms with E-state index < -0.39 is 0 Å². The van der Waals surface area contributed by atoms with Crippen molar-refractivity contribution in [2.24, 2.45) is 0 Å². The predicted molar refractivity (Wildman–Crippen MR) is 80.2 cm³/mol. The summed E-state index contributed by atoms with van der Waals surface area (Å²) in [7, 11) is 2.18. The number of piperazine rings is 1. The maximum absolute atomic E-state index is 4.48. The number of fused-ring (bicyclic) bond motifs is 1. The number of pyridine rings is 1. The van der Waals surface area contributed by atoms with Crippen LogP contribution < -0.4 is 5.32 Å². The number of rotatable bonds is 4. The number of hydrogen-bond donors (Lipinski definition) is 1. The standard InChI is InChI=1S/C14H22N6/c1-12-4-3-5-13-16-14(17-20(12)13)15-6-7-19-10-8-18(2)9-11-19/h3-5H,6-11H2,1-2H3,(H,15,17). The van der Waals surface area contributed by atoms with Gasteiger partial charge in [-0.15, -0.1) is 5.10 Å². The van der Waals surface area contributed by atoms with Crippen molar-refractivity contribution < 1.29 is 0 Å². The van der Waals surface area contributed by atoms with E-state index in [0.717, 1.165) is 50.6 Å². The molecule has 0 radical (unpaired) electrons. The van der Waals surface area contributed by atoms with E-state index in [-0.39, 0.29) is 0 Å². The van der Waals surface area contributed by atoms with Gasteiger partial charge < -0.3 is 10.2 Å². The van der Waals surface area contributed by atoms with Gasteiger partial charge in [0.05, 0.1) is 0 Å². The molecule has 0 aliphatic carbocycles. The number of hydrogen-bond acceptors (Lipinski definition) is 5. The molecule has 1 saturated heterocycles. The number of aryl methyl sites for hydroxylation is 1. The Bertz CT molecular complexity index is 570. The van der Waals surface area contributed by atoms with E-state index in [0.29, 0.717) is 5.95 Å². The van der Waals surface area contributed by atoms with Crippen molar-refractivity contribution in [1.82, 2.24) is 24.4 Å². The molecule has 1 N–H and O–H groups in total. The van der Waals surface area contributed by atoms with Crippen molar-refractivity contribution in [3.05, 3.63) is 23.9 Å². The monoisotopic (exact) mass is 274 g/mol. The summed E-state index contributed by atoms with van der Waals surface area (Å²) in [6.45, 7) is 8.58. The molecule has 2 aromatic rings. The fourth-order valence-electron chi connectivity index (χ4n) is 2.51. The Morgan fingerprint density at radius 2 is 2.00 bits per heavy atom. The second-order valence-electron chi connectivity index (χ2n) is 5.44. The summed E-state index contributed by atoms with van der Waals surface area (Å²) in [6, 6.07) is 6.02. The molecule has 2 aromatic heterocycles. The molecule has 20 heavy (non-hydrogen) atoms. The highest BCUT2D eigenvalue weighted by molar-refractivity contribution is 5.44. The molecular weight excluding hydrogens is 252 g/mol. The minimum atomic E-state index is 0.716. The molecule has 3 heterocycles. The van der Waals surface area contributed by atoms with Crippen LogP contribution in [0.4, 0.5) is 5.95 Å². The average molecular weight is 274 g/mol. The van der Waals surface area contributed by atoms with E-state index in [9.17, 15) is 0 Å². The highest BCUT2D eigenvalue weighted by Gasteiger charge is 2.13. The minimum absolute atomic E-state index is 0.716. The Morgan fingerprint density at radius 3 is 2.75 bits per heavy atom. The Morgan fingerprint density at radius 1 is 1.20 bits per heavy atom. The van der Waals surface area contributed by atoms with Gasteiger partial charge in [-0.3, -0.25) is 4.90 Å². The van der Waals surface area contributed by atoms with Gasteiger partial charge in [-0.1, -0.05) is 6.07 Å². The normalized spacial score (nSPS) is 17.7. The molecular formula is C14H22N6. The van der Waals surface area contributed by atoms with Crippen molar-refractivity contribution in [1.29, 1.82) is 0 Å². The fraction of sp³-hybridized carbons (Fsp3) is 0.571. The summed E-state index contributed by atoms with van der Waals surface area (Å²) in [5, 5.41) is 7.80. The lowest BCUT2D eigenvalue weighted by molar-refractivity contribution is 0.158. The smallest absolute Gasteiger partial charge is 0.243 e. The van der Waals surface area contributed by atoms with E-state index in [2.05, 4.69) is 32.2 Å². The predicted octanol–water partition coefficient (Wildman–Crippen LogP) is 0.697. The molecule has 1 fully saturated rings. The number of nitrogens with one attached hydrogen (secondary N) is 1.